The van der Waals surface area contributed by atoms with Gasteiger partial charge < -0.3 is 4.90 Å². The van der Waals surface area contributed by atoms with E-state index < -0.39 is 37.1 Å². The standard InChI is InChI=1S/C16H15F3N2O4S/c1-20(10-11-6-8-12(9-7-11)16(17,18)19)13-4-3-5-14(26(2,24)25)15(13)21(22)23/h3-9H,10H2,1-2H3. The Morgan fingerprint density at radius 2 is 1.69 bits per heavy atom. The largest absolute Gasteiger partial charge is 0.416 e. The molecule has 0 aliphatic heterocycles. The van der Waals surface area contributed by atoms with E-state index in [1.54, 1.807) is 0 Å². The van der Waals surface area contributed by atoms with Crippen molar-refractivity contribution in [2.24, 2.45) is 0 Å². The minimum absolute atomic E-state index is 0.0535. The van der Waals surface area contributed by atoms with Gasteiger partial charge in [0.1, 0.15) is 10.6 Å². The fraction of sp³-hybridized carbons (Fsp3) is 0.250. The summed E-state index contributed by atoms with van der Waals surface area (Å²) >= 11 is 0. The van der Waals surface area contributed by atoms with E-state index in [0.717, 1.165) is 24.5 Å². The summed E-state index contributed by atoms with van der Waals surface area (Å²) < 4.78 is 61.4. The fourth-order valence-corrected chi connectivity index (χ4v) is 3.32. The van der Waals surface area contributed by atoms with E-state index in [1.165, 1.54) is 36.2 Å². The molecule has 0 saturated carbocycles. The summed E-state index contributed by atoms with van der Waals surface area (Å²) in [4.78, 5) is 11.6. The monoisotopic (exact) mass is 388 g/mol. The molecule has 0 aliphatic rings. The highest BCUT2D eigenvalue weighted by Gasteiger charge is 2.30. The van der Waals surface area contributed by atoms with Crippen LogP contribution >= 0.6 is 0 Å². The van der Waals surface area contributed by atoms with Crippen LogP contribution in [0, 0.1) is 10.1 Å². The first kappa shape index (κ1) is 19.7. The number of nitro groups is 1. The van der Waals surface area contributed by atoms with Crippen molar-refractivity contribution >= 4 is 21.2 Å². The Morgan fingerprint density at radius 3 is 2.15 bits per heavy atom. The Kier molecular flexibility index (Phi) is 5.26. The topological polar surface area (TPSA) is 80.5 Å². The van der Waals surface area contributed by atoms with E-state index >= 15 is 0 Å². The molecule has 6 nitrogen and oxygen atoms in total. The molecular formula is C16H15F3N2O4S. The number of para-hydroxylation sites is 1. The molecule has 0 atom stereocenters. The zero-order valence-corrected chi connectivity index (χ0v) is 14.6. The zero-order valence-electron chi connectivity index (χ0n) is 13.8. The number of sulfone groups is 1. The molecule has 0 unspecified atom stereocenters. The van der Waals surface area contributed by atoms with Gasteiger partial charge in [0.2, 0.25) is 0 Å². The smallest absolute Gasteiger partial charge is 0.365 e. The molecule has 0 aliphatic carbocycles. The maximum absolute atomic E-state index is 12.6. The SMILES string of the molecule is CN(Cc1ccc(C(F)(F)F)cc1)c1cccc(S(C)(=O)=O)c1[N+](=O)[O-]. The van der Waals surface area contributed by atoms with Crippen molar-refractivity contribution in [3.05, 3.63) is 63.7 Å². The van der Waals surface area contributed by atoms with Crippen molar-refractivity contribution in [1.29, 1.82) is 0 Å². The molecule has 2 aromatic carbocycles. The summed E-state index contributed by atoms with van der Waals surface area (Å²) in [6.07, 6.45) is -3.58. The normalized spacial score (nSPS) is 12.0. The molecule has 10 heteroatoms. The van der Waals surface area contributed by atoms with Crippen molar-refractivity contribution in [1.82, 2.24) is 0 Å². The Hall–Kier alpha value is -2.62. The van der Waals surface area contributed by atoms with Gasteiger partial charge in [-0.25, -0.2) is 8.42 Å². The highest BCUT2D eigenvalue weighted by atomic mass is 32.2. The predicted molar refractivity (Wildman–Crippen MR) is 89.8 cm³/mol. The van der Waals surface area contributed by atoms with Gasteiger partial charge in [0.15, 0.2) is 9.84 Å². The number of rotatable bonds is 5. The van der Waals surface area contributed by atoms with Crippen LogP contribution in [0.2, 0.25) is 0 Å². The van der Waals surface area contributed by atoms with Gasteiger partial charge in [-0.3, -0.25) is 10.1 Å². The molecule has 0 radical (unpaired) electrons. The molecule has 2 aromatic rings. The number of hydrogen-bond donors (Lipinski definition) is 0. The first-order chi connectivity index (χ1) is 11.9. The maximum Gasteiger partial charge on any atom is 0.416 e. The van der Waals surface area contributed by atoms with Crippen LogP contribution < -0.4 is 4.90 Å². The van der Waals surface area contributed by atoms with E-state index in [-0.39, 0.29) is 12.2 Å². The molecule has 26 heavy (non-hydrogen) atoms. The second-order valence-corrected chi connectivity index (χ2v) is 7.69. The summed E-state index contributed by atoms with van der Waals surface area (Å²) in [5.41, 5.74) is -0.823. The third-order valence-electron chi connectivity index (χ3n) is 3.67. The fourth-order valence-electron chi connectivity index (χ4n) is 2.46. The molecule has 0 spiro atoms. The van der Waals surface area contributed by atoms with Crippen LogP contribution in [0.25, 0.3) is 0 Å². The van der Waals surface area contributed by atoms with Crippen LogP contribution in [-0.2, 0) is 22.6 Å². The molecule has 0 heterocycles. The summed E-state index contributed by atoms with van der Waals surface area (Å²) in [7, 11) is -2.33. The van der Waals surface area contributed by atoms with Crippen molar-refractivity contribution < 1.29 is 26.5 Å². The van der Waals surface area contributed by atoms with Crippen LogP contribution in [0.4, 0.5) is 24.5 Å². The maximum atomic E-state index is 12.6. The number of nitrogens with zero attached hydrogens (tertiary/aromatic N) is 2. The lowest BCUT2D eigenvalue weighted by molar-refractivity contribution is -0.387. The predicted octanol–water partition coefficient (Wildman–Crippen LogP) is 3.65. The number of halogens is 3. The number of alkyl halides is 3. The van der Waals surface area contributed by atoms with Crippen molar-refractivity contribution in [3.8, 4) is 0 Å². The lowest BCUT2D eigenvalue weighted by Gasteiger charge is -2.20. The number of nitro benzene ring substituents is 1. The summed E-state index contributed by atoms with van der Waals surface area (Å²) in [5, 5.41) is 11.4. The summed E-state index contributed by atoms with van der Waals surface area (Å²) in [5.74, 6) is 0. The van der Waals surface area contributed by atoms with E-state index in [9.17, 15) is 31.7 Å². The molecule has 0 bridgehead atoms. The molecule has 0 N–H and O–H groups in total. The van der Waals surface area contributed by atoms with Crippen LogP contribution in [0.3, 0.4) is 0 Å². The van der Waals surface area contributed by atoms with Crippen LogP contribution in [-0.4, -0.2) is 26.6 Å². The van der Waals surface area contributed by atoms with Gasteiger partial charge in [0, 0.05) is 19.8 Å². The Bertz CT molecular complexity index is 926. The average Bonchev–Trinajstić information content (AvgIpc) is 2.52. The number of benzene rings is 2. The number of anilines is 1. The lowest BCUT2D eigenvalue weighted by atomic mass is 10.1. The third kappa shape index (κ3) is 4.31. The van der Waals surface area contributed by atoms with Crippen LogP contribution in [0.1, 0.15) is 11.1 Å². The second-order valence-electron chi connectivity index (χ2n) is 5.70. The van der Waals surface area contributed by atoms with E-state index in [4.69, 9.17) is 0 Å². The van der Waals surface area contributed by atoms with E-state index in [1.807, 2.05) is 0 Å². The van der Waals surface area contributed by atoms with Crippen LogP contribution in [0.5, 0.6) is 0 Å². The van der Waals surface area contributed by atoms with E-state index in [0.29, 0.717) is 5.56 Å². The molecule has 140 valence electrons. The van der Waals surface area contributed by atoms with Gasteiger partial charge in [0.25, 0.3) is 0 Å². The van der Waals surface area contributed by atoms with Gasteiger partial charge in [-0.05, 0) is 29.8 Å². The van der Waals surface area contributed by atoms with Gasteiger partial charge in [0.05, 0.1) is 10.5 Å². The Balaban J connectivity index is 2.38. The molecule has 0 fully saturated rings. The summed E-state index contributed by atoms with van der Waals surface area (Å²) in [6, 6.07) is 8.29. The highest BCUT2D eigenvalue weighted by Crippen LogP contribution is 2.35. The average molecular weight is 388 g/mol. The highest BCUT2D eigenvalue weighted by molar-refractivity contribution is 7.90. The first-order valence-electron chi connectivity index (χ1n) is 7.26. The van der Waals surface area contributed by atoms with Crippen molar-refractivity contribution in [3.63, 3.8) is 0 Å². The van der Waals surface area contributed by atoms with Gasteiger partial charge >= 0.3 is 11.9 Å². The van der Waals surface area contributed by atoms with Gasteiger partial charge in [-0.15, -0.1) is 0 Å². The van der Waals surface area contributed by atoms with Crippen molar-refractivity contribution in [2.45, 2.75) is 17.6 Å². The summed E-state index contributed by atoms with van der Waals surface area (Å²) in [6.45, 7) is 0.0617. The molecule has 2 rings (SSSR count). The molecule has 0 amide bonds. The van der Waals surface area contributed by atoms with Crippen molar-refractivity contribution in [2.75, 3.05) is 18.2 Å². The molecule has 0 saturated heterocycles. The zero-order chi connectivity index (χ0) is 19.7. The van der Waals surface area contributed by atoms with E-state index in [2.05, 4.69) is 0 Å². The minimum Gasteiger partial charge on any atom is -0.365 e. The third-order valence-corrected chi connectivity index (χ3v) is 4.80. The Labute approximate surface area is 147 Å². The van der Waals surface area contributed by atoms with Gasteiger partial charge in [-0.1, -0.05) is 18.2 Å². The second kappa shape index (κ2) is 6.94. The molecule has 0 aromatic heterocycles. The Morgan fingerprint density at radius 1 is 1.12 bits per heavy atom. The quantitative estimate of drug-likeness (QED) is 0.577. The number of hydrogen-bond acceptors (Lipinski definition) is 5. The van der Waals surface area contributed by atoms with Gasteiger partial charge in [-0.2, -0.15) is 13.2 Å². The first-order valence-corrected chi connectivity index (χ1v) is 9.15. The van der Waals surface area contributed by atoms with Crippen LogP contribution in [0.15, 0.2) is 47.4 Å². The molecular weight excluding hydrogens is 373 g/mol. The lowest BCUT2D eigenvalue weighted by Crippen LogP contribution is -2.19. The minimum atomic E-state index is -4.45.